The highest BCUT2D eigenvalue weighted by molar-refractivity contribution is 7.09. The summed E-state index contributed by atoms with van der Waals surface area (Å²) in [5, 5.41) is 14.7. The quantitative estimate of drug-likeness (QED) is 0.543. The summed E-state index contributed by atoms with van der Waals surface area (Å²) in [5.41, 5.74) is 2.12. The van der Waals surface area contributed by atoms with Crippen molar-refractivity contribution in [3.05, 3.63) is 56.7 Å². The number of benzene rings is 1. The van der Waals surface area contributed by atoms with Gasteiger partial charge >= 0.3 is 0 Å². The molecule has 6 heteroatoms. The van der Waals surface area contributed by atoms with Crippen molar-refractivity contribution in [2.75, 3.05) is 0 Å². The van der Waals surface area contributed by atoms with Crippen LogP contribution in [0.15, 0.2) is 35.8 Å². The van der Waals surface area contributed by atoms with Crippen LogP contribution in [0.5, 0.6) is 0 Å². The molecule has 0 unspecified atom stereocenters. The van der Waals surface area contributed by atoms with Gasteiger partial charge in [-0.3, -0.25) is 10.1 Å². The van der Waals surface area contributed by atoms with Crippen LogP contribution in [0.1, 0.15) is 10.7 Å². The number of aromatic nitrogens is 2. The molecule has 0 saturated heterocycles. The fraction of sp³-hybridized carbons (Fsp3) is 0.154. The minimum atomic E-state index is -0.374. The Morgan fingerprint density at radius 1 is 1.42 bits per heavy atom. The largest absolute Gasteiger partial charge is 0.341 e. The van der Waals surface area contributed by atoms with E-state index < -0.39 is 0 Å². The molecule has 0 spiro atoms. The zero-order chi connectivity index (χ0) is 13.4. The lowest BCUT2D eigenvalue weighted by atomic mass is 10.2. The Morgan fingerprint density at radius 3 is 2.95 bits per heavy atom. The Morgan fingerprint density at radius 2 is 2.26 bits per heavy atom. The first-order chi connectivity index (χ1) is 9.13. The van der Waals surface area contributed by atoms with Gasteiger partial charge in [0.25, 0.3) is 5.69 Å². The molecule has 96 valence electrons. The number of nitro benzene ring substituents is 1. The van der Waals surface area contributed by atoms with E-state index in [1.54, 1.807) is 23.5 Å². The van der Waals surface area contributed by atoms with Crippen molar-refractivity contribution in [1.82, 2.24) is 9.55 Å². The van der Waals surface area contributed by atoms with Crippen LogP contribution in [-0.4, -0.2) is 14.5 Å². The first-order valence-corrected chi connectivity index (χ1v) is 6.66. The second kappa shape index (κ2) is 4.47. The Kier molecular flexibility index (Phi) is 2.79. The highest BCUT2D eigenvalue weighted by atomic mass is 32.1. The minimum Gasteiger partial charge on any atom is -0.341 e. The summed E-state index contributed by atoms with van der Waals surface area (Å²) < 4.78 is 2.05. The Hall–Kier alpha value is -2.21. The maximum absolute atomic E-state index is 10.7. The smallest absolute Gasteiger partial charge is 0.270 e. The van der Waals surface area contributed by atoms with Crippen LogP contribution in [0, 0.1) is 17.0 Å². The summed E-state index contributed by atoms with van der Waals surface area (Å²) >= 11 is 1.62. The van der Waals surface area contributed by atoms with Crippen LogP contribution in [0.3, 0.4) is 0 Å². The van der Waals surface area contributed by atoms with Gasteiger partial charge in [-0.05, 0) is 19.1 Å². The predicted molar refractivity (Wildman–Crippen MR) is 74.5 cm³/mol. The predicted octanol–water partition coefficient (Wildman–Crippen LogP) is 3.36. The van der Waals surface area contributed by atoms with E-state index in [0.29, 0.717) is 6.54 Å². The first-order valence-electron chi connectivity index (χ1n) is 5.78. The van der Waals surface area contributed by atoms with Crippen molar-refractivity contribution in [2.24, 2.45) is 0 Å². The van der Waals surface area contributed by atoms with Crippen molar-refractivity contribution < 1.29 is 4.92 Å². The molecular weight excluding hydrogens is 262 g/mol. The summed E-state index contributed by atoms with van der Waals surface area (Å²) in [6.45, 7) is 2.66. The van der Waals surface area contributed by atoms with Crippen molar-refractivity contribution >= 4 is 27.9 Å². The van der Waals surface area contributed by atoms with Crippen LogP contribution in [0.2, 0.25) is 0 Å². The van der Waals surface area contributed by atoms with Crippen molar-refractivity contribution in [1.29, 1.82) is 0 Å². The number of fused-ring (bicyclic) bond motifs is 1. The normalized spacial score (nSPS) is 11.0. The molecule has 3 aromatic rings. The third-order valence-corrected chi connectivity index (χ3v) is 3.79. The molecule has 1 aromatic carbocycles. The van der Waals surface area contributed by atoms with Gasteiger partial charge in [0, 0.05) is 34.6 Å². The van der Waals surface area contributed by atoms with Crippen LogP contribution in [0.25, 0.3) is 10.9 Å². The monoisotopic (exact) mass is 273 g/mol. The van der Waals surface area contributed by atoms with Crippen LogP contribution in [0.4, 0.5) is 5.69 Å². The van der Waals surface area contributed by atoms with Crippen molar-refractivity contribution in [3.8, 4) is 0 Å². The second-order valence-electron chi connectivity index (χ2n) is 4.30. The van der Waals surface area contributed by atoms with E-state index in [1.807, 2.05) is 29.1 Å². The lowest BCUT2D eigenvalue weighted by Gasteiger charge is -2.02. The van der Waals surface area contributed by atoms with E-state index in [-0.39, 0.29) is 10.6 Å². The van der Waals surface area contributed by atoms with E-state index in [2.05, 4.69) is 4.98 Å². The lowest BCUT2D eigenvalue weighted by molar-refractivity contribution is -0.384. The van der Waals surface area contributed by atoms with Gasteiger partial charge in [0.1, 0.15) is 0 Å². The molecule has 0 aliphatic rings. The van der Waals surface area contributed by atoms with Crippen molar-refractivity contribution in [3.63, 3.8) is 0 Å². The molecule has 0 aliphatic carbocycles. The van der Waals surface area contributed by atoms with Gasteiger partial charge < -0.3 is 4.57 Å². The summed E-state index contributed by atoms with van der Waals surface area (Å²) in [6.07, 6.45) is 1.93. The number of aryl methyl sites for hydroxylation is 1. The Labute approximate surface area is 113 Å². The third kappa shape index (κ3) is 2.22. The highest BCUT2D eigenvalue weighted by Gasteiger charge is 2.09. The standard InChI is InChI=1S/C13H11N3O2S/c1-9-14-11(8-19-9)7-15-5-4-10-6-12(16(17)18)2-3-13(10)15/h2-6,8H,7H2,1H3. The molecule has 2 aromatic heterocycles. The van der Waals surface area contributed by atoms with Gasteiger partial charge in [0.05, 0.1) is 22.2 Å². The average Bonchev–Trinajstić information content (AvgIpc) is 2.96. The van der Waals surface area contributed by atoms with Gasteiger partial charge in [0.2, 0.25) is 0 Å². The zero-order valence-electron chi connectivity index (χ0n) is 10.2. The summed E-state index contributed by atoms with van der Waals surface area (Å²) in [6, 6.07) is 6.80. The maximum Gasteiger partial charge on any atom is 0.270 e. The molecular formula is C13H11N3O2S. The third-order valence-electron chi connectivity index (χ3n) is 2.96. The summed E-state index contributed by atoms with van der Waals surface area (Å²) in [7, 11) is 0. The first kappa shape index (κ1) is 11.9. The molecule has 5 nitrogen and oxygen atoms in total. The van der Waals surface area contributed by atoms with E-state index >= 15 is 0 Å². The average molecular weight is 273 g/mol. The molecule has 0 amide bonds. The fourth-order valence-corrected chi connectivity index (χ4v) is 2.70. The topological polar surface area (TPSA) is 61.0 Å². The molecule has 3 rings (SSSR count). The van der Waals surface area contributed by atoms with Gasteiger partial charge in [-0.15, -0.1) is 11.3 Å². The van der Waals surface area contributed by atoms with Gasteiger partial charge in [-0.25, -0.2) is 4.98 Å². The summed E-state index contributed by atoms with van der Waals surface area (Å²) in [5.74, 6) is 0. The lowest BCUT2D eigenvalue weighted by Crippen LogP contribution is -1.98. The molecule has 0 fully saturated rings. The highest BCUT2D eigenvalue weighted by Crippen LogP contribution is 2.22. The second-order valence-corrected chi connectivity index (χ2v) is 5.36. The zero-order valence-corrected chi connectivity index (χ0v) is 11.1. The fourth-order valence-electron chi connectivity index (χ4n) is 2.09. The molecule has 0 aliphatic heterocycles. The van der Waals surface area contributed by atoms with Gasteiger partial charge in [-0.1, -0.05) is 0 Å². The molecule has 2 heterocycles. The van der Waals surface area contributed by atoms with Crippen LogP contribution in [-0.2, 0) is 6.54 Å². The number of non-ortho nitro benzene ring substituents is 1. The number of hydrogen-bond acceptors (Lipinski definition) is 4. The Bertz CT molecular complexity index is 760. The molecule has 19 heavy (non-hydrogen) atoms. The molecule has 0 saturated carbocycles. The number of thiazole rings is 1. The molecule has 0 N–H and O–H groups in total. The van der Waals surface area contributed by atoms with E-state index in [0.717, 1.165) is 21.6 Å². The Balaban J connectivity index is 1.99. The molecule has 0 bridgehead atoms. The summed E-state index contributed by atoms with van der Waals surface area (Å²) in [4.78, 5) is 14.8. The van der Waals surface area contributed by atoms with Crippen LogP contribution >= 0.6 is 11.3 Å². The van der Waals surface area contributed by atoms with Crippen molar-refractivity contribution in [2.45, 2.75) is 13.5 Å². The molecule has 0 radical (unpaired) electrons. The minimum absolute atomic E-state index is 0.120. The number of nitrogens with zero attached hydrogens (tertiary/aromatic N) is 3. The molecule has 0 atom stereocenters. The number of nitro groups is 1. The van der Waals surface area contributed by atoms with E-state index in [4.69, 9.17) is 0 Å². The van der Waals surface area contributed by atoms with Crippen LogP contribution < -0.4 is 0 Å². The van der Waals surface area contributed by atoms with E-state index in [1.165, 1.54) is 6.07 Å². The van der Waals surface area contributed by atoms with Gasteiger partial charge in [0.15, 0.2) is 0 Å². The van der Waals surface area contributed by atoms with Gasteiger partial charge in [-0.2, -0.15) is 0 Å². The number of rotatable bonds is 3. The SMILES string of the molecule is Cc1nc(Cn2ccc3cc([N+](=O)[O-])ccc32)cs1. The van der Waals surface area contributed by atoms with E-state index in [9.17, 15) is 10.1 Å². The number of hydrogen-bond donors (Lipinski definition) is 0. The maximum atomic E-state index is 10.7.